The van der Waals surface area contributed by atoms with Crippen molar-refractivity contribution in [1.29, 1.82) is 0 Å². The summed E-state index contributed by atoms with van der Waals surface area (Å²) >= 11 is 0. The van der Waals surface area contributed by atoms with Crippen LogP contribution in [0.2, 0.25) is 0 Å². The molecule has 1 atom stereocenters. The van der Waals surface area contributed by atoms with Gasteiger partial charge < -0.3 is 20.3 Å². The van der Waals surface area contributed by atoms with Gasteiger partial charge in [-0.15, -0.1) is 0 Å². The van der Waals surface area contributed by atoms with Gasteiger partial charge in [0.2, 0.25) is 0 Å². The molecule has 7 nitrogen and oxygen atoms in total. The Morgan fingerprint density at radius 3 is 3.00 bits per heavy atom. The van der Waals surface area contributed by atoms with Gasteiger partial charge in [-0.25, -0.2) is 9.78 Å². The van der Waals surface area contributed by atoms with E-state index in [0.29, 0.717) is 25.9 Å². The van der Waals surface area contributed by atoms with E-state index < -0.39 is 11.4 Å². The van der Waals surface area contributed by atoms with Gasteiger partial charge in [-0.05, 0) is 19.3 Å². The monoisotopic (exact) mass is 280 g/mol. The van der Waals surface area contributed by atoms with Crippen molar-refractivity contribution >= 4 is 12.0 Å². The summed E-state index contributed by atoms with van der Waals surface area (Å²) in [5.41, 5.74) is 0.0131. The van der Waals surface area contributed by atoms with Gasteiger partial charge in [-0.2, -0.15) is 0 Å². The van der Waals surface area contributed by atoms with Crippen molar-refractivity contribution in [2.45, 2.75) is 32.7 Å². The minimum atomic E-state index is -0.814. The van der Waals surface area contributed by atoms with E-state index in [1.54, 1.807) is 17.4 Å². The van der Waals surface area contributed by atoms with E-state index in [1.807, 2.05) is 6.92 Å². The number of rotatable bonds is 4. The number of H-pyrrole nitrogens is 1. The summed E-state index contributed by atoms with van der Waals surface area (Å²) in [6.07, 6.45) is 5.08. The summed E-state index contributed by atoms with van der Waals surface area (Å²) in [6, 6.07) is -0.224. The Morgan fingerprint density at radius 2 is 2.40 bits per heavy atom. The number of amides is 2. The molecule has 1 aromatic heterocycles. The van der Waals surface area contributed by atoms with Crippen LogP contribution in [0.3, 0.4) is 0 Å². The van der Waals surface area contributed by atoms with Gasteiger partial charge in [0.05, 0.1) is 24.0 Å². The molecule has 1 saturated heterocycles. The summed E-state index contributed by atoms with van der Waals surface area (Å²) in [6.45, 7) is 3.10. The maximum Gasteiger partial charge on any atom is 0.317 e. The molecule has 0 bridgehead atoms. The van der Waals surface area contributed by atoms with Crippen LogP contribution in [-0.2, 0) is 11.3 Å². The van der Waals surface area contributed by atoms with Gasteiger partial charge in [0.1, 0.15) is 0 Å². The Kier molecular flexibility index (Phi) is 4.26. The number of hydrogen-bond donors (Lipinski definition) is 3. The van der Waals surface area contributed by atoms with Crippen molar-refractivity contribution in [1.82, 2.24) is 20.2 Å². The molecule has 0 saturated carbocycles. The fourth-order valence-corrected chi connectivity index (χ4v) is 2.58. The van der Waals surface area contributed by atoms with Crippen LogP contribution in [0.15, 0.2) is 12.5 Å². The molecule has 1 aromatic rings. The number of carboxylic acids is 1. The first-order valence-corrected chi connectivity index (χ1v) is 6.81. The van der Waals surface area contributed by atoms with Crippen LogP contribution in [0, 0.1) is 5.41 Å². The van der Waals surface area contributed by atoms with Crippen molar-refractivity contribution in [3.63, 3.8) is 0 Å². The predicted molar refractivity (Wildman–Crippen MR) is 72.0 cm³/mol. The van der Waals surface area contributed by atoms with Gasteiger partial charge in [-0.1, -0.05) is 6.92 Å². The van der Waals surface area contributed by atoms with E-state index in [1.165, 1.54) is 0 Å². The molecule has 1 fully saturated rings. The topological polar surface area (TPSA) is 98.3 Å². The molecule has 0 radical (unpaired) electrons. The Bertz CT molecular complexity index is 474. The zero-order valence-electron chi connectivity index (χ0n) is 11.6. The average molecular weight is 280 g/mol. The number of urea groups is 1. The molecule has 20 heavy (non-hydrogen) atoms. The first kappa shape index (κ1) is 14.4. The minimum Gasteiger partial charge on any atom is -0.481 e. The summed E-state index contributed by atoms with van der Waals surface area (Å²) in [7, 11) is 0. The Morgan fingerprint density at radius 1 is 1.60 bits per heavy atom. The molecular formula is C13H20N4O3. The van der Waals surface area contributed by atoms with Crippen molar-refractivity contribution in [3.8, 4) is 0 Å². The molecule has 7 heteroatoms. The number of imidazole rings is 1. The molecule has 0 aliphatic carbocycles. The van der Waals surface area contributed by atoms with E-state index in [9.17, 15) is 14.7 Å². The first-order chi connectivity index (χ1) is 9.57. The SMILES string of the molecule is CCC1(C(=O)O)CCCN(C(=O)NCc2cnc[nH]2)C1. The molecule has 0 spiro atoms. The lowest BCUT2D eigenvalue weighted by Crippen LogP contribution is -2.52. The highest BCUT2D eigenvalue weighted by atomic mass is 16.4. The number of carboxylic acid groups (broad SMARTS) is 1. The third-order valence-electron chi connectivity index (χ3n) is 3.98. The molecule has 1 aliphatic rings. The molecule has 110 valence electrons. The summed E-state index contributed by atoms with van der Waals surface area (Å²) in [5.74, 6) is -0.814. The Labute approximate surface area is 117 Å². The highest BCUT2D eigenvalue weighted by molar-refractivity contribution is 5.78. The van der Waals surface area contributed by atoms with Gasteiger partial charge in [0.25, 0.3) is 0 Å². The fraction of sp³-hybridized carbons (Fsp3) is 0.615. The van der Waals surface area contributed by atoms with Crippen LogP contribution in [0.25, 0.3) is 0 Å². The van der Waals surface area contributed by atoms with Crippen molar-refractivity contribution < 1.29 is 14.7 Å². The number of piperidine rings is 1. The van der Waals surface area contributed by atoms with Gasteiger partial charge in [-0.3, -0.25) is 4.79 Å². The maximum atomic E-state index is 12.1. The van der Waals surface area contributed by atoms with Gasteiger partial charge in [0.15, 0.2) is 0 Å². The van der Waals surface area contributed by atoms with E-state index >= 15 is 0 Å². The number of nitrogens with zero attached hydrogens (tertiary/aromatic N) is 2. The zero-order valence-corrected chi connectivity index (χ0v) is 11.6. The second kappa shape index (κ2) is 5.94. The second-order valence-electron chi connectivity index (χ2n) is 5.20. The molecule has 0 aromatic carbocycles. The number of aromatic amines is 1. The lowest BCUT2D eigenvalue weighted by atomic mass is 9.78. The number of nitrogens with one attached hydrogen (secondary N) is 2. The van der Waals surface area contributed by atoms with E-state index in [0.717, 1.165) is 12.1 Å². The fourth-order valence-electron chi connectivity index (χ4n) is 2.58. The number of aromatic nitrogens is 2. The van der Waals surface area contributed by atoms with E-state index in [4.69, 9.17) is 0 Å². The number of hydrogen-bond acceptors (Lipinski definition) is 3. The van der Waals surface area contributed by atoms with Crippen LogP contribution in [0.4, 0.5) is 4.79 Å². The number of aliphatic carboxylic acids is 1. The summed E-state index contributed by atoms with van der Waals surface area (Å²) < 4.78 is 0. The highest BCUT2D eigenvalue weighted by Crippen LogP contribution is 2.33. The highest BCUT2D eigenvalue weighted by Gasteiger charge is 2.42. The second-order valence-corrected chi connectivity index (χ2v) is 5.20. The van der Waals surface area contributed by atoms with Crippen molar-refractivity contribution in [3.05, 3.63) is 18.2 Å². The third-order valence-corrected chi connectivity index (χ3v) is 3.98. The largest absolute Gasteiger partial charge is 0.481 e. The number of carbonyl (C=O) groups is 2. The average Bonchev–Trinajstić information content (AvgIpc) is 2.97. The maximum absolute atomic E-state index is 12.1. The van der Waals surface area contributed by atoms with E-state index in [-0.39, 0.29) is 12.6 Å². The van der Waals surface area contributed by atoms with Crippen molar-refractivity contribution in [2.75, 3.05) is 13.1 Å². The molecular weight excluding hydrogens is 260 g/mol. The van der Waals surface area contributed by atoms with Crippen LogP contribution in [-0.4, -0.2) is 45.1 Å². The van der Waals surface area contributed by atoms with Crippen molar-refractivity contribution in [2.24, 2.45) is 5.41 Å². The summed E-state index contributed by atoms with van der Waals surface area (Å²) in [4.78, 5) is 31.9. The normalized spacial score (nSPS) is 22.6. The van der Waals surface area contributed by atoms with Gasteiger partial charge >= 0.3 is 12.0 Å². The quantitative estimate of drug-likeness (QED) is 0.771. The zero-order chi connectivity index (χ0) is 14.6. The Balaban J connectivity index is 1.94. The molecule has 2 heterocycles. The van der Waals surface area contributed by atoms with Gasteiger partial charge in [0, 0.05) is 19.3 Å². The first-order valence-electron chi connectivity index (χ1n) is 6.81. The molecule has 3 N–H and O–H groups in total. The summed E-state index contributed by atoms with van der Waals surface area (Å²) in [5, 5.41) is 12.2. The molecule has 1 unspecified atom stereocenters. The van der Waals surface area contributed by atoms with Crippen LogP contribution >= 0.6 is 0 Å². The number of likely N-dealkylation sites (tertiary alicyclic amines) is 1. The van der Waals surface area contributed by atoms with Crippen LogP contribution in [0.5, 0.6) is 0 Å². The Hall–Kier alpha value is -2.05. The lowest BCUT2D eigenvalue weighted by Gasteiger charge is -2.39. The lowest BCUT2D eigenvalue weighted by molar-refractivity contribution is -0.152. The molecule has 1 aliphatic heterocycles. The smallest absolute Gasteiger partial charge is 0.317 e. The van der Waals surface area contributed by atoms with Crippen LogP contribution in [0.1, 0.15) is 31.9 Å². The third kappa shape index (κ3) is 2.92. The predicted octanol–water partition coefficient (Wildman–Crippen LogP) is 1.20. The molecule has 2 rings (SSSR count). The minimum absolute atomic E-state index is 0.224. The standard InChI is InChI=1S/C13H20N4O3/c1-2-13(11(18)19)4-3-5-17(8-13)12(20)15-7-10-6-14-9-16-10/h6,9H,2-5,7-8H2,1H3,(H,14,16)(H,15,20)(H,18,19). The van der Waals surface area contributed by atoms with Crippen LogP contribution < -0.4 is 5.32 Å². The molecule has 2 amide bonds. The van der Waals surface area contributed by atoms with E-state index in [2.05, 4.69) is 15.3 Å². The number of carbonyl (C=O) groups excluding carboxylic acids is 1.